The van der Waals surface area contributed by atoms with Gasteiger partial charge in [-0.1, -0.05) is 13.8 Å². The number of hydrogen-bond acceptors (Lipinski definition) is 4. The van der Waals surface area contributed by atoms with E-state index in [2.05, 4.69) is 10.3 Å². The van der Waals surface area contributed by atoms with Gasteiger partial charge in [-0.15, -0.1) is 0 Å². The molecule has 5 nitrogen and oxygen atoms in total. The number of rotatable bonds is 4. The van der Waals surface area contributed by atoms with Crippen molar-refractivity contribution >= 4 is 17.3 Å². The Balaban J connectivity index is 2.03. The molecular weight excluding hydrogens is 352 g/mol. The van der Waals surface area contributed by atoms with E-state index in [4.69, 9.17) is 4.74 Å². The molecule has 1 N–H and O–H groups in total. The molecule has 2 aromatic rings. The third-order valence-electron chi connectivity index (χ3n) is 4.96. The monoisotopic (exact) mass is 375 g/mol. The summed E-state index contributed by atoms with van der Waals surface area (Å²) in [6.07, 6.45) is 3.72. The zero-order valence-corrected chi connectivity index (χ0v) is 15.8. The number of aromatic nitrogens is 1. The van der Waals surface area contributed by atoms with E-state index in [1.807, 2.05) is 13.8 Å². The number of carbonyl (C=O) groups excluding carboxylic acids is 1. The largest absolute Gasteiger partial charge is 0.491 e. The Hall–Kier alpha value is -2.70. The molecule has 3 rings (SSSR count). The van der Waals surface area contributed by atoms with Gasteiger partial charge in [0.05, 0.1) is 12.8 Å². The van der Waals surface area contributed by atoms with E-state index in [1.165, 1.54) is 13.2 Å². The summed E-state index contributed by atoms with van der Waals surface area (Å²) >= 11 is 0. The Morgan fingerprint density at radius 3 is 2.48 bits per heavy atom. The molecule has 1 aromatic heterocycles. The van der Waals surface area contributed by atoms with Crippen molar-refractivity contribution in [1.29, 1.82) is 0 Å². The number of hydrogen-bond donors (Lipinski definition) is 1. The van der Waals surface area contributed by atoms with Crippen LogP contribution < -0.4 is 15.0 Å². The van der Waals surface area contributed by atoms with Crippen LogP contribution in [0.3, 0.4) is 0 Å². The molecule has 1 aromatic carbocycles. The lowest BCUT2D eigenvalue weighted by Crippen LogP contribution is -2.51. The summed E-state index contributed by atoms with van der Waals surface area (Å²) in [5.41, 5.74) is -0.197. The highest BCUT2D eigenvalue weighted by Gasteiger charge is 2.51. The van der Waals surface area contributed by atoms with E-state index in [1.54, 1.807) is 36.4 Å². The first-order valence-electron chi connectivity index (χ1n) is 8.69. The van der Waals surface area contributed by atoms with Crippen LogP contribution in [0.5, 0.6) is 5.75 Å². The summed E-state index contributed by atoms with van der Waals surface area (Å²) in [5, 5.41) is 2.90. The first kappa shape index (κ1) is 19.1. The van der Waals surface area contributed by atoms with Crippen molar-refractivity contribution < 1.29 is 18.3 Å². The van der Waals surface area contributed by atoms with Gasteiger partial charge in [-0.05, 0) is 43.0 Å². The van der Waals surface area contributed by atoms with Crippen LogP contribution in [0.1, 0.15) is 27.2 Å². The fourth-order valence-electron chi connectivity index (χ4n) is 3.87. The molecule has 0 saturated carbocycles. The van der Waals surface area contributed by atoms with E-state index < -0.39 is 17.2 Å². The summed E-state index contributed by atoms with van der Waals surface area (Å²) in [4.78, 5) is 18.9. The molecule has 0 spiro atoms. The maximum Gasteiger partial charge on any atom is 0.249 e. The number of carbonyl (C=O) groups is 1. The minimum atomic E-state index is -1.06. The average molecular weight is 375 g/mol. The second-order valence-corrected chi connectivity index (χ2v) is 7.80. The predicted molar refractivity (Wildman–Crippen MR) is 99.9 cm³/mol. The Morgan fingerprint density at radius 1 is 1.19 bits per heavy atom. The van der Waals surface area contributed by atoms with Crippen LogP contribution >= 0.6 is 0 Å². The smallest absolute Gasteiger partial charge is 0.249 e. The Bertz CT molecular complexity index is 858. The number of pyridine rings is 1. The van der Waals surface area contributed by atoms with Crippen LogP contribution in [-0.2, 0) is 4.79 Å². The highest BCUT2D eigenvalue weighted by atomic mass is 19.2. The molecule has 1 aliphatic rings. The molecule has 1 atom stereocenters. The van der Waals surface area contributed by atoms with Gasteiger partial charge in [0.2, 0.25) is 11.7 Å². The quantitative estimate of drug-likeness (QED) is 0.878. The molecule has 0 aliphatic carbocycles. The summed E-state index contributed by atoms with van der Waals surface area (Å²) in [6.45, 7) is 6.38. The maximum absolute atomic E-state index is 14.3. The molecule has 1 saturated heterocycles. The van der Waals surface area contributed by atoms with E-state index in [0.717, 1.165) is 6.07 Å². The van der Waals surface area contributed by atoms with Crippen LogP contribution in [0.4, 0.5) is 20.2 Å². The minimum absolute atomic E-state index is 0.198. The fourth-order valence-corrected chi connectivity index (χ4v) is 3.87. The Labute approximate surface area is 157 Å². The lowest BCUT2D eigenvalue weighted by Gasteiger charge is -2.36. The molecule has 1 amide bonds. The third kappa shape index (κ3) is 3.46. The van der Waals surface area contributed by atoms with Crippen molar-refractivity contribution in [2.75, 3.05) is 23.9 Å². The number of halogens is 2. The highest BCUT2D eigenvalue weighted by molar-refractivity contribution is 6.01. The molecular formula is C20H23F2N3O2. The van der Waals surface area contributed by atoms with Crippen molar-refractivity contribution in [3.8, 4) is 5.75 Å². The number of amides is 1. The Kier molecular flexibility index (Phi) is 4.80. The number of nitrogens with one attached hydrogen (secondary N) is 1. The molecule has 144 valence electrons. The molecule has 2 heterocycles. The Morgan fingerprint density at radius 2 is 1.85 bits per heavy atom. The van der Waals surface area contributed by atoms with Crippen LogP contribution in [0.15, 0.2) is 36.7 Å². The van der Waals surface area contributed by atoms with Crippen molar-refractivity contribution in [2.24, 2.45) is 5.41 Å². The lowest BCUT2D eigenvalue weighted by atomic mass is 9.84. The number of nitrogens with zero attached hydrogens (tertiary/aromatic N) is 2. The molecule has 1 fully saturated rings. The van der Waals surface area contributed by atoms with E-state index in [-0.39, 0.29) is 17.1 Å². The van der Waals surface area contributed by atoms with Crippen LogP contribution in [0.2, 0.25) is 0 Å². The number of ether oxygens (including phenoxy) is 1. The molecule has 1 aliphatic heterocycles. The maximum atomic E-state index is 14.3. The topological polar surface area (TPSA) is 54.5 Å². The van der Waals surface area contributed by atoms with Gasteiger partial charge in [-0.25, -0.2) is 4.39 Å². The van der Waals surface area contributed by atoms with Crippen molar-refractivity contribution in [3.05, 3.63) is 48.3 Å². The summed E-state index contributed by atoms with van der Waals surface area (Å²) in [7, 11) is 1.29. The standard InChI is InChI=1S/C20H23F2N3O2/c1-19(2)11-20(3,18(26)24-13-7-9-23-10-8-13)25(12-19)15-6-5-14(21)16(22)17(15)27-4/h5-10H,11-12H2,1-4H3,(H,23,24,26). The zero-order chi connectivity index (χ0) is 19.8. The molecule has 1 unspecified atom stereocenters. The first-order chi connectivity index (χ1) is 12.7. The second-order valence-electron chi connectivity index (χ2n) is 7.80. The highest BCUT2D eigenvalue weighted by Crippen LogP contribution is 2.47. The molecule has 27 heavy (non-hydrogen) atoms. The molecule has 0 bridgehead atoms. The number of benzene rings is 1. The van der Waals surface area contributed by atoms with Crippen molar-refractivity contribution in [1.82, 2.24) is 4.98 Å². The van der Waals surface area contributed by atoms with Crippen molar-refractivity contribution in [2.45, 2.75) is 32.7 Å². The van der Waals surface area contributed by atoms with Gasteiger partial charge in [-0.3, -0.25) is 9.78 Å². The predicted octanol–water partition coefficient (Wildman–Crippen LogP) is 4.00. The zero-order valence-electron chi connectivity index (χ0n) is 15.8. The minimum Gasteiger partial charge on any atom is -0.491 e. The second kappa shape index (κ2) is 6.79. The van der Waals surface area contributed by atoms with E-state index in [0.29, 0.717) is 24.3 Å². The van der Waals surface area contributed by atoms with Gasteiger partial charge < -0.3 is 15.0 Å². The third-order valence-corrected chi connectivity index (χ3v) is 4.96. The molecule has 7 heteroatoms. The van der Waals surface area contributed by atoms with Crippen molar-refractivity contribution in [3.63, 3.8) is 0 Å². The fraction of sp³-hybridized carbons (Fsp3) is 0.400. The van der Waals surface area contributed by atoms with E-state index in [9.17, 15) is 13.6 Å². The van der Waals surface area contributed by atoms with Gasteiger partial charge in [0.15, 0.2) is 11.6 Å². The normalized spacial score (nSPS) is 21.2. The van der Waals surface area contributed by atoms with Gasteiger partial charge in [-0.2, -0.15) is 4.39 Å². The molecule has 0 radical (unpaired) electrons. The first-order valence-corrected chi connectivity index (χ1v) is 8.69. The van der Waals surface area contributed by atoms with Crippen LogP contribution in [0.25, 0.3) is 0 Å². The summed E-state index contributed by atoms with van der Waals surface area (Å²) in [5.74, 6) is -2.48. The number of anilines is 2. The summed E-state index contributed by atoms with van der Waals surface area (Å²) < 4.78 is 33.1. The van der Waals surface area contributed by atoms with Gasteiger partial charge in [0.1, 0.15) is 5.54 Å². The lowest BCUT2D eigenvalue weighted by molar-refractivity contribution is -0.120. The van der Waals surface area contributed by atoms with E-state index >= 15 is 0 Å². The van der Waals surface area contributed by atoms with Gasteiger partial charge in [0, 0.05) is 24.6 Å². The van der Waals surface area contributed by atoms with Gasteiger partial charge in [0.25, 0.3) is 0 Å². The average Bonchev–Trinajstić information content (AvgIpc) is 2.88. The SMILES string of the molecule is COc1c(N2CC(C)(C)CC2(C)C(=O)Nc2ccncc2)ccc(F)c1F. The summed E-state index contributed by atoms with van der Waals surface area (Å²) in [6, 6.07) is 5.91. The number of methoxy groups -OCH3 is 1. The van der Waals surface area contributed by atoms with Crippen LogP contribution in [0, 0.1) is 17.0 Å². The van der Waals surface area contributed by atoms with Gasteiger partial charge >= 0.3 is 0 Å². The van der Waals surface area contributed by atoms with Crippen LogP contribution in [-0.4, -0.2) is 30.1 Å².